The maximum atomic E-state index is 12.1. The number of nitrogens with one attached hydrogen (secondary N) is 1. The molecule has 0 spiro atoms. The molecule has 0 radical (unpaired) electrons. The fourth-order valence-electron chi connectivity index (χ4n) is 3.18. The molecule has 2 aliphatic rings. The number of nitrogens with two attached hydrogens (primary N) is 1. The molecule has 112 valence electrons. The van der Waals surface area contributed by atoms with E-state index >= 15 is 0 Å². The van der Waals surface area contributed by atoms with E-state index in [0.717, 1.165) is 0 Å². The highest BCUT2D eigenvalue weighted by atomic mass is 35.5. The predicted octanol–water partition coefficient (Wildman–Crippen LogP) is 0.639. The molecule has 1 aliphatic carbocycles. The molecule has 3 atom stereocenters. The minimum Gasteiger partial charge on any atom is -0.381 e. The lowest BCUT2D eigenvalue weighted by molar-refractivity contribution is 0.0956. The largest absolute Gasteiger partial charge is 0.381 e. The normalized spacial score (nSPS) is 26.3. The van der Waals surface area contributed by atoms with Gasteiger partial charge in [0.15, 0.2) is 0 Å². The van der Waals surface area contributed by atoms with E-state index in [0.29, 0.717) is 41.9 Å². The Labute approximate surface area is 127 Å². The third-order valence-corrected chi connectivity index (χ3v) is 4.52. The van der Waals surface area contributed by atoms with Crippen molar-refractivity contribution >= 4 is 23.4 Å². The fourth-order valence-corrected chi connectivity index (χ4v) is 3.31. The predicted molar refractivity (Wildman–Crippen MR) is 76.2 cm³/mol. The van der Waals surface area contributed by atoms with Crippen LogP contribution >= 0.6 is 11.6 Å². The van der Waals surface area contributed by atoms with E-state index in [1.807, 2.05) is 0 Å². The first-order chi connectivity index (χ1) is 10.1. The number of pyridine rings is 1. The molecule has 7 heteroatoms. The van der Waals surface area contributed by atoms with Crippen molar-refractivity contribution in [2.75, 3.05) is 20.3 Å². The number of nitrogens with zero attached hydrogens (tertiary/aromatic N) is 1. The van der Waals surface area contributed by atoms with Gasteiger partial charge in [-0.2, -0.15) is 0 Å². The first-order valence-corrected chi connectivity index (χ1v) is 7.31. The summed E-state index contributed by atoms with van der Waals surface area (Å²) in [5, 5.41) is 2.56. The summed E-state index contributed by atoms with van der Waals surface area (Å²) in [7, 11) is 1.53. The second kappa shape index (κ2) is 5.27. The van der Waals surface area contributed by atoms with E-state index in [1.54, 1.807) is 6.07 Å². The van der Waals surface area contributed by atoms with Crippen molar-refractivity contribution < 1.29 is 14.3 Å². The van der Waals surface area contributed by atoms with Crippen LogP contribution in [-0.2, 0) is 10.6 Å². The Balaban J connectivity index is 2.14. The Morgan fingerprint density at radius 1 is 1.48 bits per heavy atom. The summed E-state index contributed by atoms with van der Waals surface area (Å²) >= 11 is 5.80. The van der Waals surface area contributed by atoms with Crippen LogP contribution in [0, 0.1) is 11.8 Å². The number of amides is 2. The number of hydrogen-bond donors (Lipinski definition) is 2. The highest BCUT2D eigenvalue weighted by molar-refractivity contribution is 6.17. The average molecular weight is 310 g/mol. The zero-order valence-electron chi connectivity index (χ0n) is 11.6. The van der Waals surface area contributed by atoms with E-state index in [1.165, 1.54) is 7.05 Å². The van der Waals surface area contributed by atoms with Crippen LogP contribution in [0.3, 0.4) is 0 Å². The molecule has 1 saturated carbocycles. The molecule has 2 fully saturated rings. The number of fused-ring (bicyclic) bond motifs is 1. The number of ether oxygens (including phenoxy) is 1. The Bertz CT molecular complexity index is 610. The lowest BCUT2D eigenvalue weighted by Gasteiger charge is -2.15. The van der Waals surface area contributed by atoms with E-state index in [2.05, 4.69) is 10.3 Å². The summed E-state index contributed by atoms with van der Waals surface area (Å²) in [5.41, 5.74) is 7.21. The molecule has 0 aromatic carbocycles. The van der Waals surface area contributed by atoms with Gasteiger partial charge in [0.25, 0.3) is 5.91 Å². The van der Waals surface area contributed by atoms with Crippen LogP contribution in [0.15, 0.2) is 6.07 Å². The fraction of sp³-hybridized carbons (Fsp3) is 0.500. The minimum atomic E-state index is -0.560. The molecule has 2 heterocycles. The van der Waals surface area contributed by atoms with Crippen molar-refractivity contribution in [1.82, 2.24) is 10.3 Å². The lowest BCUT2D eigenvalue weighted by atomic mass is 9.97. The number of halogens is 1. The number of aromatic nitrogens is 1. The van der Waals surface area contributed by atoms with Crippen LogP contribution < -0.4 is 11.1 Å². The average Bonchev–Trinajstić information content (AvgIpc) is 2.95. The van der Waals surface area contributed by atoms with Crippen molar-refractivity contribution in [1.29, 1.82) is 0 Å². The van der Waals surface area contributed by atoms with Crippen molar-refractivity contribution in [2.24, 2.45) is 17.6 Å². The van der Waals surface area contributed by atoms with Crippen LogP contribution in [0.5, 0.6) is 0 Å². The van der Waals surface area contributed by atoms with Gasteiger partial charge in [-0.15, -0.1) is 11.6 Å². The van der Waals surface area contributed by atoms with Crippen LogP contribution in [0.25, 0.3) is 0 Å². The maximum absolute atomic E-state index is 12.1. The molecule has 1 aliphatic heterocycles. The van der Waals surface area contributed by atoms with Crippen LogP contribution in [0.1, 0.15) is 38.0 Å². The monoisotopic (exact) mass is 309 g/mol. The second-order valence-electron chi connectivity index (χ2n) is 5.39. The lowest BCUT2D eigenvalue weighted by Crippen LogP contribution is -2.25. The van der Waals surface area contributed by atoms with Crippen LogP contribution in [-0.4, -0.2) is 37.1 Å². The first-order valence-electron chi connectivity index (χ1n) is 6.77. The number of hydrogen-bond acceptors (Lipinski definition) is 4. The summed E-state index contributed by atoms with van der Waals surface area (Å²) in [5.74, 6) is 0.0291. The minimum absolute atomic E-state index is 0.116. The number of rotatable bonds is 4. The van der Waals surface area contributed by atoms with Crippen molar-refractivity contribution in [3.63, 3.8) is 0 Å². The van der Waals surface area contributed by atoms with Crippen LogP contribution in [0.2, 0.25) is 0 Å². The third kappa shape index (κ3) is 2.28. The zero-order valence-corrected chi connectivity index (χ0v) is 12.3. The number of alkyl halides is 1. The highest BCUT2D eigenvalue weighted by Crippen LogP contribution is 2.58. The van der Waals surface area contributed by atoms with E-state index < -0.39 is 5.91 Å². The SMILES string of the molecule is CNC(=O)c1nc(CCl)cc(C(N)=O)c1C1[C@H]2COC[C@@H]12. The van der Waals surface area contributed by atoms with Gasteiger partial charge >= 0.3 is 0 Å². The van der Waals surface area contributed by atoms with Gasteiger partial charge < -0.3 is 15.8 Å². The Morgan fingerprint density at radius 3 is 2.67 bits per heavy atom. The summed E-state index contributed by atoms with van der Waals surface area (Å²) in [6.45, 7) is 1.30. The van der Waals surface area contributed by atoms with Crippen molar-refractivity contribution in [3.8, 4) is 0 Å². The van der Waals surface area contributed by atoms with Gasteiger partial charge in [-0.25, -0.2) is 4.98 Å². The maximum Gasteiger partial charge on any atom is 0.269 e. The van der Waals surface area contributed by atoms with Gasteiger partial charge in [-0.05, 0) is 23.8 Å². The Morgan fingerprint density at radius 2 is 2.14 bits per heavy atom. The van der Waals surface area contributed by atoms with E-state index in [9.17, 15) is 9.59 Å². The molecule has 3 N–H and O–H groups in total. The molecule has 3 rings (SSSR count). The number of carbonyl (C=O) groups is 2. The van der Waals surface area contributed by atoms with Gasteiger partial charge in [0.1, 0.15) is 5.69 Å². The van der Waals surface area contributed by atoms with E-state index in [-0.39, 0.29) is 23.4 Å². The smallest absolute Gasteiger partial charge is 0.269 e. The topological polar surface area (TPSA) is 94.3 Å². The van der Waals surface area contributed by atoms with E-state index in [4.69, 9.17) is 22.1 Å². The standard InChI is InChI=1S/C14H16ClN3O3/c1-17-14(20)12-11(10-8-4-21-5-9(8)10)7(13(16)19)2-6(3-15)18-12/h2,8-10H,3-5H2,1H3,(H2,16,19)(H,17,20)/t8-,9+,10?. The Kier molecular flexibility index (Phi) is 3.59. The molecule has 2 amide bonds. The molecule has 1 saturated heterocycles. The highest BCUT2D eigenvalue weighted by Gasteiger charge is 2.56. The molecule has 1 unspecified atom stereocenters. The molecule has 1 aromatic rings. The quantitative estimate of drug-likeness (QED) is 0.798. The molecule has 21 heavy (non-hydrogen) atoms. The molecule has 6 nitrogen and oxygen atoms in total. The zero-order chi connectivity index (χ0) is 15.1. The van der Waals surface area contributed by atoms with Gasteiger partial charge in [0.05, 0.1) is 24.8 Å². The van der Waals surface area contributed by atoms with Gasteiger partial charge in [0, 0.05) is 18.2 Å². The molecule has 1 aromatic heterocycles. The van der Waals surface area contributed by atoms with Crippen molar-refractivity contribution in [2.45, 2.75) is 11.8 Å². The molecular weight excluding hydrogens is 294 g/mol. The number of primary amides is 1. The number of carbonyl (C=O) groups excluding carboxylic acids is 2. The Hall–Kier alpha value is -1.66. The van der Waals surface area contributed by atoms with Gasteiger partial charge in [-0.3, -0.25) is 9.59 Å². The summed E-state index contributed by atoms with van der Waals surface area (Å²) in [6, 6.07) is 1.59. The summed E-state index contributed by atoms with van der Waals surface area (Å²) < 4.78 is 5.37. The molecular formula is C14H16ClN3O3. The van der Waals surface area contributed by atoms with Crippen molar-refractivity contribution in [3.05, 3.63) is 28.6 Å². The molecule has 0 bridgehead atoms. The van der Waals surface area contributed by atoms with Gasteiger partial charge in [-0.1, -0.05) is 0 Å². The summed E-state index contributed by atoms with van der Waals surface area (Å²) in [4.78, 5) is 28.2. The first kappa shape index (κ1) is 14.3. The van der Waals surface area contributed by atoms with Gasteiger partial charge in [0.2, 0.25) is 5.91 Å². The third-order valence-electron chi connectivity index (χ3n) is 4.24. The second-order valence-corrected chi connectivity index (χ2v) is 5.66. The van der Waals surface area contributed by atoms with Crippen LogP contribution in [0.4, 0.5) is 0 Å². The summed E-state index contributed by atoms with van der Waals surface area (Å²) in [6.07, 6.45) is 0.